The summed E-state index contributed by atoms with van der Waals surface area (Å²) in [6.45, 7) is 19.3. The molecule has 33 heavy (non-hydrogen) atoms. The van der Waals surface area contributed by atoms with E-state index in [1.165, 1.54) is 64.2 Å². The van der Waals surface area contributed by atoms with Gasteiger partial charge in [0, 0.05) is 11.8 Å². The summed E-state index contributed by atoms with van der Waals surface area (Å²) in [5, 5.41) is 0. The summed E-state index contributed by atoms with van der Waals surface area (Å²) in [4.78, 5) is 0. The molecule has 1 saturated heterocycles. The van der Waals surface area contributed by atoms with Gasteiger partial charge in [0.2, 0.25) is 0 Å². The lowest BCUT2D eigenvalue weighted by molar-refractivity contribution is -0.301. The molecule has 1 aliphatic heterocycles. The molecule has 1 heterocycles. The highest BCUT2D eigenvalue weighted by Crippen LogP contribution is 2.72. The van der Waals surface area contributed by atoms with Crippen molar-refractivity contribution in [3.63, 3.8) is 0 Å². The molecule has 190 valence electrons. The second kappa shape index (κ2) is 8.50. The molecule has 5 fully saturated rings. The summed E-state index contributed by atoms with van der Waals surface area (Å²) < 4.78 is 12.8. The lowest BCUT2D eigenvalue weighted by Crippen LogP contribution is -2.63. The fraction of sp³-hybridized carbons (Fsp3) is 1.00. The fourth-order valence-corrected chi connectivity index (χ4v) is 11.0. The summed E-state index contributed by atoms with van der Waals surface area (Å²) in [5.74, 6) is 6.01. The van der Waals surface area contributed by atoms with Gasteiger partial charge in [-0.05, 0) is 97.2 Å². The first-order valence-corrected chi connectivity index (χ1v) is 14.8. The molecule has 2 heteroatoms. The van der Waals surface area contributed by atoms with Crippen molar-refractivity contribution >= 4 is 0 Å². The zero-order valence-electron chi connectivity index (χ0n) is 23.1. The Morgan fingerprint density at radius 1 is 0.727 bits per heavy atom. The van der Waals surface area contributed by atoms with Gasteiger partial charge in [-0.1, -0.05) is 67.7 Å². The van der Waals surface area contributed by atoms with E-state index < -0.39 is 0 Å². The third-order valence-corrected chi connectivity index (χ3v) is 12.7. The van der Waals surface area contributed by atoms with Crippen LogP contribution in [0.5, 0.6) is 0 Å². The molecule has 0 aromatic rings. The van der Waals surface area contributed by atoms with Gasteiger partial charge < -0.3 is 9.47 Å². The maximum Gasteiger partial charge on any atom is 0.173 e. The Bertz CT molecular complexity index is 706. The van der Waals surface area contributed by atoms with Crippen LogP contribution in [0, 0.1) is 57.7 Å². The molecule has 4 aliphatic carbocycles. The summed E-state index contributed by atoms with van der Waals surface area (Å²) in [6.07, 6.45) is 15.5. The molecule has 0 bridgehead atoms. The van der Waals surface area contributed by atoms with Crippen LogP contribution in [0.15, 0.2) is 0 Å². The number of hydrogen-bond acceptors (Lipinski definition) is 2. The fourth-order valence-electron chi connectivity index (χ4n) is 11.0. The maximum absolute atomic E-state index is 6.38. The minimum atomic E-state index is -0.308. The molecular formula is C31H54O2. The van der Waals surface area contributed by atoms with E-state index in [2.05, 4.69) is 48.5 Å². The van der Waals surface area contributed by atoms with Crippen molar-refractivity contribution in [2.45, 2.75) is 125 Å². The normalized spacial score (nSPS) is 46.7. The zero-order chi connectivity index (χ0) is 23.6. The number of hydrogen-bond donors (Lipinski definition) is 0. The lowest BCUT2D eigenvalue weighted by Gasteiger charge is -2.66. The van der Waals surface area contributed by atoms with E-state index in [9.17, 15) is 0 Å². The summed E-state index contributed by atoms with van der Waals surface area (Å²) in [5.41, 5.74) is 1.19. The highest BCUT2D eigenvalue weighted by Gasteiger charge is 2.67. The number of fused-ring (bicyclic) bond motifs is 5. The van der Waals surface area contributed by atoms with Crippen molar-refractivity contribution in [2.24, 2.45) is 57.7 Å². The van der Waals surface area contributed by atoms with Crippen LogP contribution in [0.25, 0.3) is 0 Å². The summed E-state index contributed by atoms with van der Waals surface area (Å²) in [7, 11) is 0. The van der Waals surface area contributed by atoms with Crippen molar-refractivity contribution in [1.29, 1.82) is 0 Å². The Morgan fingerprint density at radius 3 is 2.12 bits per heavy atom. The maximum atomic E-state index is 6.38. The standard InChI is InChI=1S/C31H54O2/c1-21(2)9-8-10-22(3)24-12-13-25-23-11-14-27-28(4,5)31(32-19-20-33-31)18-17-30(27,7)26(23)15-16-29(24,25)6/h21-27H,8-20H2,1-7H3. The third kappa shape index (κ3) is 3.61. The van der Waals surface area contributed by atoms with E-state index in [-0.39, 0.29) is 11.2 Å². The minimum absolute atomic E-state index is 0.116. The van der Waals surface area contributed by atoms with Gasteiger partial charge in [-0.3, -0.25) is 0 Å². The van der Waals surface area contributed by atoms with Crippen molar-refractivity contribution in [3.05, 3.63) is 0 Å². The molecule has 8 atom stereocenters. The van der Waals surface area contributed by atoms with E-state index in [4.69, 9.17) is 9.47 Å². The Morgan fingerprint density at radius 2 is 1.42 bits per heavy atom. The molecule has 2 nitrogen and oxygen atoms in total. The molecule has 5 aliphatic rings. The van der Waals surface area contributed by atoms with Gasteiger partial charge in [0.05, 0.1) is 13.2 Å². The van der Waals surface area contributed by atoms with Gasteiger partial charge in [0.15, 0.2) is 5.79 Å². The largest absolute Gasteiger partial charge is 0.347 e. The van der Waals surface area contributed by atoms with Crippen LogP contribution in [-0.2, 0) is 9.47 Å². The monoisotopic (exact) mass is 458 g/mol. The molecule has 1 spiro atoms. The molecule has 8 unspecified atom stereocenters. The van der Waals surface area contributed by atoms with Crippen LogP contribution in [0.1, 0.15) is 119 Å². The van der Waals surface area contributed by atoms with Crippen LogP contribution in [0.3, 0.4) is 0 Å². The summed E-state index contributed by atoms with van der Waals surface area (Å²) in [6, 6.07) is 0. The van der Waals surface area contributed by atoms with Gasteiger partial charge in [0.1, 0.15) is 0 Å². The molecule has 4 saturated carbocycles. The van der Waals surface area contributed by atoms with E-state index >= 15 is 0 Å². The van der Waals surface area contributed by atoms with E-state index in [1.807, 2.05) is 0 Å². The van der Waals surface area contributed by atoms with E-state index in [0.29, 0.717) is 10.8 Å². The van der Waals surface area contributed by atoms with Crippen molar-refractivity contribution in [2.75, 3.05) is 13.2 Å². The smallest absolute Gasteiger partial charge is 0.173 e. The molecule has 0 amide bonds. The summed E-state index contributed by atoms with van der Waals surface area (Å²) >= 11 is 0. The average Bonchev–Trinajstić information content (AvgIpc) is 3.36. The van der Waals surface area contributed by atoms with Crippen molar-refractivity contribution in [1.82, 2.24) is 0 Å². The lowest BCUT2D eigenvalue weighted by atomic mass is 9.40. The predicted octanol–water partition coefficient (Wildman–Crippen LogP) is 8.49. The molecular weight excluding hydrogens is 404 g/mol. The highest BCUT2D eigenvalue weighted by atomic mass is 16.7. The van der Waals surface area contributed by atoms with Gasteiger partial charge >= 0.3 is 0 Å². The van der Waals surface area contributed by atoms with E-state index in [0.717, 1.165) is 61.1 Å². The van der Waals surface area contributed by atoms with Gasteiger partial charge in [-0.2, -0.15) is 0 Å². The van der Waals surface area contributed by atoms with Crippen LogP contribution < -0.4 is 0 Å². The van der Waals surface area contributed by atoms with Crippen LogP contribution in [-0.4, -0.2) is 19.0 Å². The first-order chi connectivity index (χ1) is 15.6. The molecule has 0 N–H and O–H groups in total. The molecule has 0 radical (unpaired) electrons. The first-order valence-electron chi connectivity index (χ1n) is 14.8. The minimum Gasteiger partial charge on any atom is -0.347 e. The third-order valence-electron chi connectivity index (χ3n) is 12.7. The van der Waals surface area contributed by atoms with Gasteiger partial charge in [-0.25, -0.2) is 0 Å². The second-order valence-corrected chi connectivity index (χ2v) is 14.7. The van der Waals surface area contributed by atoms with Crippen LogP contribution in [0.2, 0.25) is 0 Å². The molecule has 0 aromatic carbocycles. The van der Waals surface area contributed by atoms with Crippen LogP contribution in [0.4, 0.5) is 0 Å². The Hall–Kier alpha value is -0.0800. The van der Waals surface area contributed by atoms with E-state index in [1.54, 1.807) is 0 Å². The number of rotatable bonds is 5. The second-order valence-electron chi connectivity index (χ2n) is 14.7. The molecule has 5 rings (SSSR count). The van der Waals surface area contributed by atoms with Gasteiger partial charge in [0.25, 0.3) is 0 Å². The number of ether oxygens (including phenoxy) is 2. The quantitative estimate of drug-likeness (QED) is 0.411. The Labute approximate surface area is 205 Å². The van der Waals surface area contributed by atoms with Crippen molar-refractivity contribution in [3.8, 4) is 0 Å². The first kappa shape index (κ1) is 24.6. The molecule has 0 aromatic heterocycles. The Kier molecular flexibility index (Phi) is 6.34. The topological polar surface area (TPSA) is 18.5 Å². The SMILES string of the molecule is CC(C)CCCC(C)C1CCC2C3CCC4C(C)(CCC5(OCCO5)C4(C)C)C3CCC12C. The zero-order valence-corrected chi connectivity index (χ0v) is 23.1. The Balaban J connectivity index is 1.33. The predicted molar refractivity (Wildman–Crippen MR) is 137 cm³/mol. The highest BCUT2D eigenvalue weighted by molar-refractivity contribution is 5.14. The van der Waals surface area contributed by atoms with Gasteiger partial charge in [-0.15, -0.1) is 0 Å². The van der Waals surface area contributed by atoms with Crippen LogP contribution >= 0.6 is 0 Å². The average molecular weight is 459 g/mol. The van der Waals surface area contributed by atoms with Crippen molar-refractivity contribution < 1.29 is 9.47 Å².